The van der Waals surface area contributed by atoms with Crippen LogP contribution in [0.5, 0.6) is 0 Å². The van der Waals surface area contributed by atoms with Crippen molar-refractivity contribution in [2.45, 2.75) is 0 Å². The smallest absolute Gasteiger partial charge is 0.320 e. The maximum atomic E-state index is 5.87. The number of rotatable bonds is 3. The van der Waals surface area contributed by atoms with Gasteiger partial charge in [0.1, 0.15) is 0 Å². The molecule has 3 aromatic rings. The van der Waals surface area contributed by atoms with Crippen molar-refractivity contribution < 1.29 is 4.42 Å². The molecule has 0 aliphatic carbocycles. The van der Waals surface area contributed by atoms with E-state index in [1.54, 1.807) is 18.2 Å². The van der Waals surface area contributed by atoms with Crippen LogP contribution in [0.4, 0.5) is 17.4 Å². The van der Waals surface area contributed by atoms with E-state index in [2.05, 4.69) is 15.5 Å². The number of anilines is 3. The highest BCUT2D eigenvalue weighted by Crippen LogP contribution is 2.26. The van der Waals surface area contributed by atoms with E-state index in [9.17, 15) is 0 Å². The minimum Gasteiger partial charge on any atom is -0.403 e. The van der Waals surface area contributed by atoms with Crippen molar-refractivity contribution in [1.82, 2.24) is 10.2 Å². The number of nitrogens with zero attached hydrogens (tertiary/aromatic N) is 2. The number of halogens is 1. The highest BCUT2D eigenvalue weighted by Gasteiger charge is 2.10. The van der Waals surface area contributed by atoms with Crippen LogP contribution in [0.2, 0.25) is 5.02 Å². The quantitative estimate of drug-likeness (QED) is 0.718. The molecule has 0 amide bonds. The van der Waals surface area contributed by atoms with E-state index in [0.717, 1.165) is 5.69 Å². The summed E-state index contributed by atoms with van der Waals surface area (Å²) in [5.41, 5.74) is 7.98. The molecule has 1 heterocycles. The molecule has 5 nitrogen and oxygen atoms in total. The first kappa shape index (κ1) is 12.5. The first-order chi connectivity index (χ1) is 9.72. The molecule has 6 heteroatoms. The molecule has 0 atom stereocenters. The minimum absolute atomic E-state index is 0.297. The Labute approximate surface area is 120 Å². The summed E-state index contributed by atoms with van der Waals surface area (Å²) in [6, 6.07) is 14.8. The zero-order valence-corrected chi connectivity index (χ0v) is 11.1. The SMILES string of the molecule is Nc1ccccc1-c1nnc(Nc2ccc(Cl)cc2)o1. The van der Waals surface area contributed by atoms with Crippen molar-refractivity contribution in [3.63, 3.8) is 0 Å². The Hall–Kier alpha value is -2.53. The number of nitrogens with two attached hydrogens (primary N) is 1. The van der Waals surface area contributed by atoms with Crippen LogP contribution in [0.1, 0.15) is 0 Å². The number of hydrogen-bond donors (Lipinski definition) is 2. The maximum absolute atomic E-state index is 5.87. The topological polar surface area (TPSA) is 77.0 Å². The fourth-order valence-electron chi connectivity index (χ4n) is 1.73. The van der Waals surface area contributed by atoms with Crippen LogP contribution in [0.15, 0.2) is 52.9 Å². The lowest BCUT2D eigenvalue weighted by Crippen LogP contribution is -1.89. The summed E-state index contributed by atoms with van der Waals surface area (Å²) in [6.45, 7) is 0. The van der Waals surface area contributed by atoms with Gasteiger partial charge in [0.15, 0.2) is 0 Å². The molecule has 20 heavy (non-hydrogen) atoms. The fraction of sp³-hybridized carbons (Fsp3) is 0. The van der Waals surface area contributed by atoms with Gasteiger partial charge >= 0.3 is 6.01 Å². The number of para-hydroxylation sites is 1. The lowest BCUT2D eigenvalue weighted by molar-refractivity contribution is 0.588. The second-order valence-electron chi connectivity index (χ2n) is 4.13. The van der Waals surface area contributed by atoms with Crippen LogP contribution in [-0.4, -0.2) is 10.2 Å². The maximum Gasteiger partial charge on any atom is 0.320 e. The van der Waals surface area contributed by atoms with Crippen LogP contribution in [0.3, 0.4) is 0 Å². The molecule has 0 spiro atoms. The predicted molar refractivity (Wildman–Crippen MR) is 78.9 cm³/mol. The second-order valence-corrected chi connectivity index (χ2v) is 4.57. The molecular weight excluding hydrogens is 276 g/mol. The molecule has 100 valence electrons. The van der Waals surface area contributed by atoms with E-state index in [4.69, 9.17) is 21.8 Å². The third-order valence-electron chi connectivity index (χ3n) is 2.71. The number of hydrogen-bond acceptors (Lipinski definition) is 5. The zero-order chi connectivity index (χ0) is 13.9. The van der Waals surface area contributed by atoms with Gasteiger partial charge < -0.3 is 15.5 Å². The zero-order valence-electron chi connectivity index (χ0n) is 10.4. The summed E-state index contributed by atoms with van der Waals surface area (Å²) in [5, 5.41) is 11.6. The molecule has 3 rings (SSSR count). The summed E-state index contributed by atoms with van der Waals surface area (Å²) >= 11 is 5.82. The van der Waals surface area contributed by atoms with Gasteiger partial charge in [-0.05, 0) is 36.4 Å². The Balaban J connectivity index is 1.84. The third kappa shape index (κ3) is 2.57. The largest absolute Gasteiger partial charge is 0.403 e. The Kier molecular flexibility index (Phi) is 3.26. The van der Waals surface area contributed by atoms with Crippen molar-refractivity contribution >= 4 is 29.0 Å². The fourth-order valence-corrected chi connectivity index (χ4v) is 1.86. The highest BCUT2D eigenvalue weighted by molar-refractivity contribution is 6.30. The Morgan fingerprint density at radius 1 is 1.00 bits per heavy atom. The Morgan fingerprint density at radius 3 is 2.50 bits per heavy atom. The first-order valence-electron chi connectivity index (χ1n) is 5.93. The van der Waals surface area contributed by atoms with Crippen molar-refractivity contribution in [3.8, 4) is 11.5 Å². The van der Waals surface area contributed by atoms with Gasteiger partial charge in [0.25, 0.3) is 5.89 Å². The molecule has 0 fully saturated rings. The van der Waals surface area contributed by atoms with Gasteiger partial charge in [0, 0.05) is 16.4 Å². The predicted octanol–water partition coefficient (Wildman–Crippen LogP) is 3.72. The average molecular weight is 287 g/mol. The molecular formula is C14H11ClN4O. The monoisotopic (exact) mass is 286 g/mol. The molecule has 3 N–H and O–H groups in total. The number of nitrogen functional groups attached to an aromatic ring is 1. The summed E-state index contributed by atoms with van der Waals surface area (Å²) in [5.74, 6) is 0.375. The summed E-state index contributed by atoms with van der Waals surface area (Å²) < 4.78 is 5.54. The molecule has 0 bridgehead atoms. The summed E-state index contributed by atoms with van der Waals surface area (Å²) in [7, 11) is 0. The van der Waals surface area contributed by atoms with Crippen LogP contribution in [-0.2, 0) is 0 Å². The summed E-state index contributed by atoms with van der Waals surface area (Å²) in [4.78, 5) is 0. The second kappa shape index (κ2) is 5.22. The third-order valence-corrected chi connectivity index (χ3v) is 2.96. The van der Waals surface area contributed by atoms with Gasteiger partial charge in [-0.2, -0.15) is 0 Å². The summed E-state index contributed by atoms with van der Waals surface area (Å²) in [6.07, 6.45) is 0. The minimum atomic E-state index is 0.297. The van der Waals surface area contributed by atoms with Gasteiger partial charge in [-0.15, -0.1) is 5.10 Å². The molecule has 0 aliphatic heterocycles. The first-order valence-corrected chi connectivity index (χ1v) is 6.31. The lowest BCUT2D eigenvalue weighted by Gasteiger charge is -2.01. The van der Waals surface area contributed by atoms with Crippen LogP contribution in [0.25, 0.3) is 11.5 Å². The molecule has 0 radical (unpaired) electrons. The van der Waals surface area contributed by atoms with E-state index < -0.39 is 0 Å². The van der Waals surface area contributed by atoms with Crippen LogP contribution >= 0.6 is 11.6 Å². The van der Waals surface area contributed by atoms with Gasteiger partial charge in [0.05, 0.1) is 5.56 Å². The lowest BCUT2D eigenvalue weighted by atomic mass is 10.2. The van der Waals surface area contributed by atoms with E-state index >= 15 is 0 Å². The molecule has 0 saturated heterocycles. The Bertz CT molecular complexity index is 724. The number of nitrogens with one attached hydrogen (secondary N) is 1. The molecule has 0 aliphatic rings. The van der Waals surface area contributed by atoms with Crippen molar-refractivity contribution in [1.29, 1.82) is 0 Å². The Morgan fingerprint density at radius 2 is 1.75 bits per heavy atom. The molecule has 0 saturated carbocycles. The molecule has 2 aromatic carbocycles. The van der Waals surface area contributed by atoms with Crippen molar-refractivity contribution in [3.05, 3.63) is 53.6 Å². The van der Waals surface area contributed by atoms with E-state index in [0.29, 0.717) is 28.2 Å². The number of aromatic nitrogens is 2. The van der Waals surface area contributed by atoms with Gasteiger partial charge in [-0.25, -0.2) is 0 Å². The average Bonchev–Trinajstić information content (AvgIpc) is 2.90. The van der Waals surface area contributed by atoms with Crippen LogP contribution < -0.4 is 11.1 Å². The molecule has 1 aromatic heterocycles. The van der Waals surface area contributed by atoms with E-state index in [1.165, 1.54) is 0 Å². The highest BCUT2D eigenvalue weighted by atomic mass is 35.5. The number of benzene rings is 2. The van der Waals surface area contributed by atoms with Gasteiger partial charge in [0.2, 0.25) is 0 Å². The van der Waals surface area contributed by atoms with E-state index in [1.807, 2.05) is 30.3 Å². The van der Waals surface area contributed by atoms with E-state index in [-0.39, 0.29) is 0 Å². The van der Waals surface area contributed by atoms with Crippen LogP contribution in [0, 0.1) is 0 Å². The van der Waals surface area contributed by atoms with Gasteiger partial charge in [-0.3, -0.25) is 0 Å². The normalized spacial score (nSPS) is 10.4. The van der Waals surface area contributed by atoms with Crippen molar-refractivity contribution in [2.75, 3.05) is 11.1 Å². The van der Waals surface area contributed by atoms with Gasteiger partial charge in [-0.1, -0.05) is 28.8 Å². The van der Waals surface area contributed by atoms with Crippen molar-refractivity contribution in [2.24, 2.45) is 0 Å². The standard InChI is InChI=1S/C14H11ClN4O/c15-9-5-7-10(8-6-9)17-14-19-18-13(20-14)11-3-1-2-4-12(11)16/h1-8H,16H2,(H,17,19). The molecule has 0 unspecified atom stereocenters.